The van der Waals surface area contributed by atoms with E-state index in [9.17, 15) is 5.11 Å². The van der Waals surface area contributed by atoms with Crippen LogP contribution in [0.25, 0.3) is 22.2 Å². The Morgan fingerprint density at radius 3 is 2.67 bits per heavy atom. The molecule has 1 aliphatic rings. The number of pyridine rings is 1. The van der Waals surface area contributed by atoms with Crippen LogP contribution < -0.4 is 10.2 Å². The van der Waals surface area contributed by atoms with Crippen molar-refractivity contribution in [2.45, 2.75) is 0 Å². The zero-order valence-electron chi connectivity index (χ0n) is 16.3. The molecule has 7 heteroatoms. The second kappa shape index (κ2) is 7.96. The average Bonchev–Trinajstić information content (AvgIpc) is 2.79. The Hall–Kier alpha value is -3.71. The minimum Gasteiger partial charge on any atom is -0.508 e. The monoisotopic (exact) mass is 399 g/mol. The minimum absolute atomic E-state index is 0.201. The summed E-state index contributed by atoms with van der Waals surface area (Å²) in [5.41, 5.74) is 3.35. The van der Waals surface area contributed by atoms with Gasteiger partial charge < -0.3 is 20.1 Å². The molecule has 2 aromatic heterocycles. The van der Waals surface area contributed by atoms with Gasteiger partial charge in [-0.05, 0) is 24.3 Å². The highest BCUT2D eigenvalue weighted by Gasteiger charge is 2.17. The van der Waals surface area contributed by atoms with Crippen LogP contribution in [0.1, 0.15) is 0 Å². The molecule has 5 rings (SSSR count). The number of anilines is 3. The zero-order chi connectivity index (χ0) is 20.3. The summed E-state index contributed by atoms with van der Waals surface area (Å²) in [5.74, 6) is 1.50. The SMILES string of the molecule is Oc1cccc(-c2cc(Nc3cnc4ccccc4c3)nc(N3CCOCC3)n2)c1. The topological polar surface area (TPSA) is 83.4 Å². The summed E-state index contributed by atoms with van der Waals surface area (Å²) < 4.78 is 5.46. The molecule has 1 aliphatic heterocycles. The standard InChI is InChI=1S/C23H21N5O2/c29-19-6-3-5-17(13-19)21-14-22(27-23(26-21)28-8-10-30-11-9-28)25-18-12-16-4-1-2-7-20(16)24-15-18/h1-7,12-15,29H,8-11H2,(H,25,26,27). The number of benzene rings is 2. The molecule has 0 atom stereocenters. The molecule has 1 saturated heterocycles. The van der Waals surface area contributed by atoms with Crippen LogP contribution in [-0.4, -0.2) is 46.4 Å². The molecule has 0 amide bonds. The average molecular weight is 399 g/mol. The van der Waals surface area contributed by atoms with Gasteiger partial charge in [-0.15, -0.1) is 0 Å². The summed E-state index contributed by atoms with van der Waals surface area (Å²) in [5, 5.41) is 14.3. The molecular weight excluding hydrogens is 378 g/mol. The lowest BCUT2D eigenvalue weighted by Crippen LogP contribution is -2.37. The third-order valence-corrected chi connectivity index (χ3v) is 5.01. The molecule has 150 valence electrons. The summed E-state index contributed by atoms with van der Waals surface area (Å²) in [6.45, 7) is 2.77. The van der Waals surface area contributed by atoms with Gasteiger partial charge in [-0.3, -0.25) is 4.98 Å². The van der Waals surface area contributed by atoms with Crippen molar-refractivity contribution in [1.82, 2.24) is 15.0 Å². The van der Waals surface area contributed by atoms with E-state index in [2.05, 4.69) is 15.2 Å². The maximum absolute atomic E-state index is 9.90. The number of phenols is 1. The van der Waals surface area contributed by atoms with Crippen LogP contribution in [0.2, 0.25) is 0 Å². The van der Waals surface area contributed by atoms with Gasteiger partial charge in [-0.2, -0.15) is 4.98 Å². The first-order valence-electron chi connectivity index (χ1n) is 9.88. The van der Waals surface area contributed by atoms with Gasteiger partial charge in [-0.1, -0.05) is 30.3 Å². The first-order chi connectivity index (χ1) is 14.7. The number of morpholine rings is 1. The molecule has 3 heterocycles. The van der Waals surface area contributed by atoms with E-state index in [4.69, 9.17) is 14.7 Å². The van der Waals surface area contributed by atoms with E-state index in [1.54, 1.807) is 18.3 Å². The maximum Gasteiger partial charge on any atom is 0.228 e. The lowest BCUT2D eigenvalue weighted by atomic mass is 10.1. The second-order valence-corrected chi connectivity index (χ2v) is 7.13. The Morgan fingerprint density at radius 1 is 0.933 bits per heavy atom. The van der Waals surface area contributed by atoms with Crippen LogP contribution in [0.4, 0.5) is 17.5 Å². The number of hydrogen-bond donors (Lipinski definition) is 2. The minimum atomic E-state index is 0.201. The fourth-order valence-corrected chi connectivity index (χ4v) is 3.50. The predicted octanol–water partition coefficient (Wildman–Crippen LogP) is 3.98. The molecule has 0 bridgehead atoms. The van der Waals surface area contributed by atoms with Gasteiger partial charge in [-0.25, -0.2) is 4.98 Å². The van der Waals surface area contributed by atoms with E-state index in [-0.39, 0.29) is 5.75 Å². The third kappa shape index (κ3) is 3.88. The van der Waals surface area contributed by atoms with Gasteiger partial charge in [0.05, 0.1) is 36.3 Å². The van der Waals surface area contributed by atoms with Crippen LogP contribution in [0.3, 0.4) is 0 Å². The number of fused-ring (bicyclic) bond motifs is 1. The number of rotatable bonds is 4. The largest absolute Gasteiger partial charge is 0.508 e. The van der Waals surface area contributed by atoms with E-state index in [0.717, 1.165) is 40.9 Å². The van der Waals surface area contributed by atoms with Crippen molar-refractivity contribution in [2.24, 2.45) is 0 Å². The highest BCUT2D eigenvalue weighted by molar-refractivity contribution is 5.82. The molecule has 0 unspecified atom stereocenters. The van der Waals surface area contributed by atoms with Crippen molar-refractivity contribution < 1.29 is 9.84 Å². The first kappa shape index (κ1) is 18.3. The van der Waals surface area contributed by atoms with Gasteiger partial charge in [0.15, 0.2) is 0 Å². The Bertz CT molecular complexity index is 1190. The summed E-state index contributed by atoms with van der Waals surface area (Å²) in [6.07, 6.45) is 1.80. The molecule has 1 fully saturated rings. The summed E-state index contributed by atoms with van der Waals surface area (Å²) in [7, 11) is 0. The Balaban J connectivity index is 1.54. The molecule has 2 aromatic carbocycles. The number of phenolic OH excluding ortho intramolecular Hbond substituents is 1. The van der Waals surface area contributed by atoms with E-state index in [1.807, 2.05) is 48.5 Å². The molecule has 0 saturated carbocycles. The number of hydrogen-bond acceptors (Lipinski definition) is 7. The fourth-order valence-electron chi connectivity index (χ4n) is 3.50. The van der Waals surface area contributed by atoms with Gasteiger partial charge in [0.2, 0.25) is 5.95 Å². The van der Waals surface area contributed by atoms with Crippen molar-refractivity contribution in [2.75, 3.05) is 36.5 Å². The van der Waals surface area contributed by atoms with Crippen molar-refractivity contribution in [1.29, 1.82) is 0 Å². The van der Waals surface area contributed by atoms with Crippen LogP contribution in [0.5, 0.6) is 5.75 Å². The number of ether oxygens (including phenoxy) is 1. The zero-order valence-corrected chi connectivity index (χ0v) is 16.3. The Kier molecular flexibility index (Phi) is 4.86. The molecule has 0 aliphatic carbocycles. The van der Waals surface area contributed by atoms with E-state index in [1.165, 1.54) is 0 Å². The van der Waals surface area contributed by atoms with Crippen LogP contribution >= 0.6 is 0 Å². The quantitative estimate of drug-likeness (QED) is 0.537. The molecule has 0 spiro atoms. The third-order valence-electron chi connectivity index (χ3n) is 5.01. The normalized spacial score (nSPS) is 14.1. The van der Waals surface area contributed by atoms with Crippen molar-refractivity contribution >= 4 is 28.4 Å². The maximum atomic E-state index is 9.90. The van der Waals surface area contributed by atoms with Gasteiger partial charge in [0.1, 0.15) is 11.6 Å². The summed E-state index contributed by atoms with van der Waals surface area (Å²) in [4.78, 5) is 16.1. The highest BCUT2D eigenvalue weighted by atomic mass is 16.5. The van der Waals surface area contributed by atoms with E-state index < -0.39 is 0 Å². The Morgan fingerprint density at radius 2 is 1.80 bits per heavy atom. The van der Waals surface area contributed by atoms with Crippen LogP contribution in [0.15, 0.2) is 66.9 Å². The van der Waals surface area contributed by atoms with Gasteiger partial charge in [0, 0.05) is 30.1 Å². The van der Waals surface area contributed by atoms with Crippen LogP contribution in [-0.2, 0) is 4.74 Å². The summed E-state index contributed by atoms with van der Waals surface area (Å²) in [6, 6.07) is 19.0. The van der Waals surface area contributed by atoms with Gasteiger partial charge in [0.25, 0.3) is 0 Å². The van der Waals surface area contributed by atoms with Crippen molar-refractivity contribution in [3.8, 4) is 17.0 Å². The number of para-hydroxylation sites is 1. The van der Waals surface area contributed by atoms with Crippen molar-refractivity contribution in [3.63, 3.8) is 0 Å². The number of aromatic nitrogens is 3. The lowest BCUT2D eigenvalue weighted by molar-refractivity contribution is 0.122. The smallest absolute Gasteiger partial charge is 0.228 e. The predicted molar refractivity (Wildman–Crippen MR) is 117 cm³/mol. The van der Waals surface area contributed by atoms with Crippen molar-refractivity contribution in [3.05, 3.63) is 66.9 Å². The number of nitrogens with one attached hydrogen (secondary N) is 1. The Labute approximate surface area is 174 Å². The van der Waals surface area contributed by atoms with E-state index in [0.29, 0.717) is 25.0 Å². The molecular formula is C23H21N5O2. The number of aromatic hydroxyl groups is 1. The molecule has 2 N–H and O–H groups in total. The van der Waals surface area contributed by atoms with Gasteiger partial charge >= 0.3 is 0 Å². The fraction of sp³-hybridized carbons (Fsp3) is 0.174. The highest BCUT2D eigenvalue weighted by Crippen LogP contribution is 2.28. The first-order valence-corrected chi connectivity index (χ1v) is 9.88. The van der Waals surface area contributed by atoms with E-state index >= 15 is 0 Å². The molecule has 7 nitrogen and oxygen atoms in total. The van der Waals surface area contributed by atoms with Crippen LogP contribution in [0, 0.1) is 0 Å². The lowest BCUT2D eigenvalue weighted by Gasteiger charge is -2.27. The molecule has 0 radical (unpaired) electrons. The molecule has 30 heavy (non-hydrogen) atoms. The molecule has 4 aromatic rings. The second-order valence-electron chi connectivity index (χ2n) is 7.13. The summed E-state index contributed by atoms with van der Waals surface area (Å²) >= 11 is 0. The number of nitrogens with zero attached hydrogens (tertiary/aromatic N) is 4.